The molecule has 0 aliphatic carbocycles. The first kappa shape index (κ1) is 15.3. The summed E-state index contributed by atoms with van der Waals surface area (Å²) in [5, 5.41) is 20.4. The van der Waals surface area contributed by atoms with Gasteiger partial charge in [0.25, 0.3) is 5.69 Å². The molecular formula is C14H10ClNO4S. The molecule has 0 spiro atoms. The Morgan fingerprint density at radius 3 is 2.48 bits per heavy atom. The summed E-state index contributed by atoms with van der Waals surface area (Å²) in [7, 11) is 0. The Morgan fingerprint density at radius 2 is 1.90 bits per heavy atom. The molecule has 0 saturated carbocycles. The normalized spacial score (nSPS) is 10.3. The van der Waals surface area contributed by atoms with Crippen molar-refractivity contribution in [1.29, 1.82) is 0 Å². The second-order valence-corrected chi connectivity index (χ2v) is 5.64. The molecule has 0 aliphatic rings. The van der Waals surface area contributed by atoms with E-state index in [2.05, 4.69) is 0 Å². The number of rotatable bonds is 5. The van der Waals surface area contributed by atoms with Gasteiger partial charge in [0.1, 0.15) is 5.56 Å². The van der Waals surface area contributed by atoms with Crippen molar-refractivity contribution in [2.24, 2.45) is 0 Å². The first-order valence-corrected chi connectivity index (χ1v) is 7.22. The predicted molar refractivity (Wildman–Crippen MR) is 81.1 cm³/mol. The van der Waals surface area contributed by atoms with E-state index in [1.54, 1.807) is 18.2 Å². The Balaban J connectivity index is 2.17. The molecule has 7 heteroatoms. The van der Waals surface area contributed by atoms with Gasteiger partial charge in [-0.3, -0.25) is 10.1 Å². The molecule has 2 rings (SSSR count). The number of nitrogens with zero attached hydrogens (tertiary/aromatic N) is 1. The average molecular weight is 324 g/mol. The highest BCUT2D eigenvalue weighted by molar-refractivity contribution is 7.98. The van der Waals surface area contributed by atoms with Gasteiger partial charge in [0, 0.05) is 21.7 Å². The minimum atomic E-state index is -1.31. The highest BCUT2D eigenvalue weighted by atomic mass is 35.5. The molecule has 0 saturated heterocycles. The number of carbonyl (C=O) groups is 1. The smallest absolute Gasteiger partial charge is 0.342 e. The molecule has 1 N–H and O–H groups in total. The van der Waals surface area contributed by atoms with Gasteiger partial charge < -0.3 is 5.11 Å². The van der Waals surface area contributed by atoms with Crippen LogP contribution in [-0.2, 0) is 5.75 Å². The zero-order valence-electron chi connectivity index (χ0n) is 10.7. The summed E-state index contributed by atoms with van der Waals surface area (Å²) < 4.78 is 0. The van der Waals surface area contributed by atoms with E-state index in [9.17, 15) is 14.9 Å². The van der Waals surface area contributed by atoms with Crippen LogP contribution in [0.15, 0.2) is 47.4 Å². The standard InChI is InChI=1S/C14H10ClNO4S/c15-10-3-1-9(2-4-10)8-21-11-5-6-13(16(19)20)12(7-11)14(17)18/h1-7H,8H2,(H,17,18). The van der Waals surface area contributed by atoms with Crippen LogP contribution in [0.4, 0.5) is 5.69 Å². The molecule has 21 heavy (non-hydrogen) atoms. The second-order valence-electron chi connectivity index (χ2n) is 4.16. The predicted octanol–water partition coefficient (Wildman–Crippen LogP) is 4.24. The van der Waals surface area contributed by atoms with Crippen LogP contribution in [0.2, 0.25) is 5.02 Å². The zero-order valence-corrected chi connectivity index (χ0v) is 12.2. The van der Waals surface area contributed by atoms with Crippen LogP contribution >= 0.6 is 23.4 Å². The van der Waals surface area contributed by atoms with E-state index in [0.29, 0.717) is 15.7 Å². The fourth-order valence-electron chi connectivity index (χ4n) is 1.68. The highest BCUT2D eigenvalue weighted by Crippen LogP contribution is 2.28. The molecule has 5 nitrogen and oxygen atoms in total. The van der Waals surface area contributed by atoms with Gasteiger partial charge in [-0.05, 0) is 29.8 Å². The molecule has 0 bridgehead atoms. The van der Waals surface area contributed by atoms with E-state index in [1.165, 1.54) is 23.9 Å². The summed E-state index contributed by atoms with van der Waals surface area (Å²) in [6, 6.07) is 11.4. The Morgan fingerprint density at radius 1 is 1.24 bits per heavy atom. The number of halogens is 1. The minimum absolute atomic E-state index is 0.305. The lowest BCUT2D eigenvalue weighted by molar-refractivity contribution is -0.385. The van der Waals surface area contributed by atoms with Crippen LogP contribution in [0.25, 0.3) is 0 Å². The fourth-order valence-corrected chi connectivity index (χ4v) is 2.70. The van der Waals surface area contributed by atoms with Crippen molar-refractivity contribution >= 4 is 35.0 Å². The van der Waals surface area contributed by atoms with E-state index in [0.717, 1.165) is 5.56 Å². The lowest BCUT2D eigenvalue weighted by Gasteiger charge is -2.04. The quantitative estimate of drug-likeness (QED) is 0.505. The molecule has 0 fully saturated rings. The number of carboxylic acids is 1. The van der Waals surface area contributed by atoms with Gasteiger partial charge in [0.15, 0.2) is 0 Å². The molecule has 2 aromatic carbocycles. The third-order valence-corrected chi connectivity index (χ3v) is 4.03. The molecular weight excluding hydrogens is 314 g/mol. The molecule has 0 amide bonds. The number of hydrogen-bond acceptors (Lipinski definition) is 4. The van der Waals surface area contributed by atoms with E-state index in [-0.39, 0.29) is 5.56 Å². The van der Waals surface area contributed by atoms with Gasteiger partial charge in [-0.1, -0.05) is 23.7 Å². The largest absolute Gasteiger partial charge is 0.477 e. The summed E-state index contributed by atoms with van der Waals surface area (Å²) in [4.78, 5) is 21.8. The molecule has 0 aromatic heterocycles. The van der Waals surface area contributed by atoms with Crippen molar-refractivity contribution in [2.45, 2.75) is 10.6 Å². The van der Waals surface area contributed by atoms with Crippen molar-refractivity contribution in [3.63, 3.8) is 0 Å². The Labute approximate surface area is 129 Å². The number of thioether (sulfide) groups is 1. The molecule has 0 heterocycles. The van der Waals surface area contributed by atoms with E-state index >= 15 is 0 Å². The minimum Gasteiger partial charge on any atom is -0.477 e. The maximum absolute atomic E-state index is 11.1. The van der Waals surface area contributed by atoms with Crippen molar-refractivity contribution in [3.8, 4) is 0 Å². The second kappa shape index (κ2) is 6.60. The SMILES string of the molecule is O=C(O)c1cc(SCc2ccc(Cl)cc2)ccc1[N+](=O)[O-]. The van der Waals surface area contributed by atoms with Crippen molar-refractivity contribution in [2.75, 3.05) is 0 Å². The van der Waals surface area contributed by atoms with Crippen LogP contribution in [0.1, 0.15) is 15.9 Å². The van der Waals surface area contributed by atoms with Gasteiger partial charge in [0.2, 0.25) is 0 Å². The average Bonchev–Trinajstić information content (AvgIpc) is 2.46. The Kier molecular flexibility index (Phi) is 4.82. The van der Waals surface area contributed by atoms with E-state index < -0.39 is 16.6 Å². The number of benzene rings is 2. The van der Waals surface area contributed by atoms with Crippen LogP contribution in [0, 0.1) is 10.1 Å². The van der Waals surface area contributed by atoms with E-state index in [4.69, 9.17) is 16.7 Å². The van der Waals surface area contributed by atoms with Crippen molar-refractivity contribution < 1.29 is 14.8 Å². The molecule has 108 valence electrons. The zero-order chi connectivity index (χ0) is 15.4. The van der Waals surface area contributed by atoms with Crippen molar-refractivity contribution in [3.05, 3.63) is 68.7 Å². The maximum Gasteiger partial charge on any atom is 0.342 e. The van der Waals surface area contributed by atoms with Crippen LogP contribution in [0.3, 0.4) is 0 Å². The summed E-state index contributed by atoms with van der Waals surface area (Å²) in [5.74, 6) is -0.691. The number of carboxylic acid groups (broad SMARTS) is 1. The fraction of sp³-hybridized carbons (Fsp3) is 0.0714. The molecule has 0 radical (unpaired) electrons. The summed E-state index contributed by atoms with van der Waals surface area (Å²) >= 11 is 7.20. The Hall–Kier alpha value is -2.05. The summed E-state index contributed by atoms with van der Waals surface area (Å²) in [6.07, 6.45) is 0. The third-order valence-electron chi connectivity index (χ3n) is 2.71. The topological polar surface area (TPSA) is 80.4 Å². The van der Waals surface area contributed by atoms with Gasteiger partial charge >= 0.3 is 5.97 Å². The van der Waals surface area contributed by atoms with Gasteiger partial charge in [0.05, 0.1) is 4.92 Å². The maximum atomic E-state index is 11.1. The number of aromatic carboxylic acids is 1. The first-order chi connectivity index (χ1) is 9.97. The first-order valence-electron chi connectivity index (χ1n) is 5.86. The lowest BCUT2D eigenvalue weighted by Crippen LogP contribution is -2.02. The van der Waals surface area contributed by atoms with Gasteiger partial charge in [-0.25, -0.2) is 4.79 Å². The van der Waals surface area contributed by atoms with Crippen LogP contribution < -0.4 is 0 Å². The van der Waals surface area contributed by atoms with Crippen molar-refractivity contribution in [1.82, 2.24) is 0 Å². The molecule has 0 aliphatic heterocycles. The molecule has 0 atom stereocenters. The monoisotopic (exact) mass is 323 g/mol. The lowest BCUT2D eigenvalue weighted by atomic mass is 10.2. The molecule has 0 unspecified atom stereocenters. The number of hydrogen-bond donors (Lipinski definition) is 1. The van der Waals surface area contributed by atoms with Crippen LogP contribution in [0.5, 0.6) is 0 Å². The number of nitro groups is 1. The van der Waals surface area contributed by atoms with Gasteiger partial charge in [-0.2, -0.15) is 0 Å². The van der Waals surface area contributed by atoms with Gasteiger partial charge in [-0.15, -0.1) is 11.8 Å². The third kappa shape index (κ3) is 3.96. The highest BCUT2D eigenvalue weighted by Gasteiger charge is 2.19. The summed E-state index contributed by atoms with van der Waals surface area (Å²) in [6.45, 7) is 0. The van der Waals surface area contributed by atoms with Crippen LogP contribution in [-0.4, -0.2) is 16.0 Å². The number of nitro benzene ring substituents is 1. The Bertz CT molecular complexity index is 688. The van der Waals surface area contributed by atoms with E-state index in [1.807, 2.05) is 12.1 Å². The summed E-state index contributed by atoms with van der Waals surface area (Å²) in [5.41, 5.74) is 0.319. The molecule has 2 aromatic rings.